The summed E-state index contributed by atoms with van der Waals surface area (Å²) in [5, 5.41) is 28.2. The molecule has 2 aromatic rings. The van der Waals surface area contributed by atoms with E-state index in [1.54, 1.807) is 0 Å². The number of amidine groups is 1. The standard InChI is InChI=1S/C25H22Cl2N4O/c26-17-7-5-16(6-8-17)19-13-22-29-28-21(24-9-11-25(32,15-24)12-10-24)14-31(22)30-23(19)18-3-1-2-4-20(18)27/h1-8,13,32H,9-12,14-15H2. The molecule has 6 rings (SSSR count). The van der Waals surface area contributed by atoms with E-state index >= 15 is 0 Å². The topological polar surface area (TPSA) is 60.6 Å². The summed E-state index contributed by atoms with van der Waals surface area (Å²) >= 11 is 12.7. The number of nitrogens with zero attached hydrogens (tertiary/aromatic N) is 4. The first-order valence-electron chi connectivity index (χ1n) is 10.9. The zero-order valence-electron chi connectivity index (χ0n) is 17.4. The van der Waals surface area contributed by atoms with Crippen molar-refractivity contribution in [2.75, 3.05) is 6.54 Å². The van der Waals surface area contributed by atoms with Crippen LogP contribution >= 0.6 is 23.2 Å². The number of benzene rings is 2. The van der Waals surface area contributed by atoms with Gasteiger partial charge < -0.3 is 5.11 Å². The van der Waals surface area contributed by atoms with Crippen LogP contribution in [0.4, 0.5) is 0 Å². The van der Waals surface area contributed by atoms with Crippen LogP contribution in [0.5, 0.6) is 0 Å². The summed E-state index contributed by atoms with van der Waals surface area (Å²) < 4.78 is 0. The Hall–Kier alpha value is -2.47. The van der Waals surface area contributed by atoms with Crippen molar-refractivity contribution in [1.29, 1.82) is 0 Å². The normalized spacial score (nSPS) is 28.7. The fraction of sp³-hybridized carbons (Fsp3) is 0.320. The Balaban J connectivity index is 1.44. The Morgan fingerprint density at radius 1 is 0.906 bits per heavy atom. The number of hydrogen-bond donors (Lipinski definition) is 1. The largest absolute Gasteiger partial charge is 0.390 e. The monoisotopic (exact) mass is 464 g/mol. The summed E-state index contributed by atoms with van der Waals surface area (Å²) in [6.45, 7) is 0.577. The molecule has 4 aliphatic rings. The molecule has 2 aliphatic heterocycles. The van der Waals surface area contributed by atoms with Crippen molar-refractivity contribution in [2.24, 2.45) is 20.7 Å². The van der Waals surface area contributed by atoms with E-state index in [-0.39, 0.29) is 5.41 Å². The van der Waals surface area contributed by atoms with Gasteiger partial charge >= 0.3 is 0 Å². The van der Waals surface area contributed by atoms with Crippen LogP contribution in [0, 0.1) is 5.41 Å². The van der Waals surface area contributed by atoms with Gasteiger partial charge in [-0.25, -0.2) is 5.01 Å². The van der Waals surface area contributed by atoms with Gasteiger partial charge in [-0.15, -0.1) is 5.10 Å². The molecule has 0 aromatic heterocycles. The Morgan fingerprint density at radius 2 is 1.66 bits per heavy atom. The average molecular weight is 465 g/mol. The van der Waals surface area contributed by atoms with Crippen molar-refractivity contribution >= 4 is 46.0 Å². The summed E-state index contributed by atoms with van der Waals surface area (Å²) in [4.78, 5) is 0. The number of hydrazone groups is 1. The van der Waals surface area contributed by atoms with E-state index in [1.807, 2.05) is 59.6 Å². The molecule has 2 heterocycles. The molecule has 5 nitrogen and oxygen atoms in total. The van der Waals surface area contributed by atoms with Crippen LogP contribution in [0.2, 0.25) is 10.0 Å². The summed E-state index contributed by atoms with van der Waals surface area (Å²) in [7, 11) is 0. The fourth-order valence-corrected chi connectivity index (χ4v) is 5.87. The minimum atomic E-state index is -0.526. The summed E-state index contributed by atoms with van der Waals surface area (Å²) in [5.74, 6) is 0.706. The van der Waals surface area contributed by atoms with Crippen molar-refractivity contribution in [1.82, 2.24) is 5.01 Å². The second-order valence-electron chi connectivity index (χ2n) is 9.24. The van der Waals surface area contributed by atoms with Crippen LogP contribution in [-0.2, 0) is 0 Å². The van der Waals surface area contributed by atoms with E-state index in [0.29, 0.717) is 22.4 Å². The number of hydrogen-bond acceptors (Lipinski definition) is 5. The van der Waals surface area contributed by atoms with Crippen LogP contribution < -0.4 is 0 Å². The van der Waals surface area contributed by atoms with Gasteiger partial charge in [0.1, 0.15) is 5.71 Å². The van der Waals surface area contributed by atoms with Gasteiger partial charge in [-0.1, -0.05) is 53.5 Å². The zero-order chi connectivity index (χ0) is 21.9. The van der Waals surface area contributed by atoms with Crippen LogP contribution in [0.15, 0.2) is 69.9 Å². The number of halogens is 2. The van der Waals surface area contributed by atoms with Gasteiger partial charge in [-0.3, -0.25) is 0 Å². The van der Waals surface area contributed by atoms with Gasteiger partial charge in [0.25, 0.3) is 0 Å². The molecule has 162 valence electrons. The lowest BCUT2D eigenvalue weighted by Gasteiger charge is -2.34. The average Bonchev–Trinajstić information content (AvgIpc) is 3.34. The third-order valence-corrected chi connectivity index (χ3v) is 7.87. The first-order chi connectivity index (χ1) is 15.4. The Labute approximate surface area is 196 Å². The molecule has 2 aliphatic carbocycles. The highest BCUT2D eigenvalue weighted by Crippen LogP contribution is 2.57. The lowest BCUT2D eigenvalue weighted by Crippen LogP contribution is -2.42. The van der Waals surface area contributed by atoms with Gasteiger partial charge in [-0.05, 0) is 61.9 Å². The van der Waals surface area contributed by atoms with Crippen LogP contribution in [0.1, 0.15) is 43.2 Å². The van der Waals surface area contributed by atoms with Crippen molar-refractivity contribution in [3.05, 3.63) is 75.8 Å². The van der Waals surface area contributed by atoms with Crippen molar-refractivity contribution < 1.29 is 5.11 Å². The second kappa shape index (κ2) is 7.27. The minimum Gasteiger partial charge on any atom is -0.390 e. The molecule has 0 spiro atoms. The first-order valence-corrected chi connectivity index (χ1v) is 11.7. The molecule has 7 heteroatoms. The predicted octanol–water partition coefficient (Wildman–Crippen LogP) is 5.56. The first kappa shape index (κ1) is 20.2. The highest BCUT2D eigenvalue weighted by atomic mass is 35.5. The molecule has 0 atom stereocenters. The molecular formula is C25H22Cl2N4O. The maximum absolute atomic E-state index is 10.7. The van der Waals surface area contributed by atoms with E-state index in [0.717, 1.165) is 60.2 Å². The van der Waals surface area contributed by atoms with E-state index in [1.165, 1.54) is 0 Å². The Kier molecular flexibility index (Phi) is 4.58. The molecule has 0 radical (unpaired) electrons. The molecule has 2 aromatic carbocycles. The maximum Gasteiger partial charge on any atom is 0.172 e. The Bertz CT molecular complexity index is 1220. The van der Waals surface area contributed by atoms with Gasteiger partial charge in [0.05, 0.1) is 22.9 Å². The summed E-state index contributed by atoms with van der Waals surface area (Å²) in [6, 6.07) is 15.4. The number of fused-ring (bicyclic) bond motifs is 3. The molecule has 0 saturated heterocycles. The van der Waals surface area contributed by atoms with Crippen LogP contribution in [-0.4, -0.2) is 39.5 Å². The third kappa shape index (κ3) is 3.22. The van der Waals surface area contributed by atoms with Gasteiger partial charge in [0.15, 0.2) is 5.84 Å². The second-order valence-corrected chi connectivity index (χ2v) is 10.1. The van der Waals surface area contributed by atoms with E-state index < -0.39 is 5.60 Å². The van der Waals surface area contributed by atoms with Crippen molar-refractivity contribution in [3.63, 3.8) is 0 Å². The fourth-order valence-electron chi connectivity index (χ4n) is 5.52. The lowest BCUT2D eigenvalue weighted by molar-refractivity contribution is 0.0521. The van der Waals surface area contributed by atoms with Gasteiger partial charge in [0.2, 0.25) is 0 Å². The van der Waals surface area contributed by atoms with Crippen molar-refractivity contribution in [2.45, 2.75) is 37.7 Å². The molecule has 0 amide bonds. The zero-order valence-corrected chi connectivity index (χ0v) is 18.9. The highest BCUT2D eigenvalue weighted by molar-refractivity contribution is 6.42. The van der Waals surface area contributed by atoms with Crippen LogP contribution in [0.3, 0.4) is 0 Å². The lowest BCUT2D eigenvalue weighted by atomic mass is 9.79. The molecule has 2 fully saturated rings. The minimum absolute atomic E-state index is 0.0516. The van der Waals surface area contributed by atoms with E-state index in [4.69, 9.17) is 28.3 Å². The summed E-state index contributed by atoms with van der Waals surface area (Å²) in [6.07, 6.45) is 6.42. The molecule has 2 bridgehead atoms. The third-order valence-electron chi connectivity index (χ3n) is 7.29. The van der Waals surface area contributed by atoms with E-state index in [2.05, 4.69) is 10.2 Å². The quantitative estimate of drug-likeness (QED) is 0.645. The Morgan fingerprint density at radius 3 is 2.34 bits per heavy atom. The van der Waals surface area contributed by atoms with Gasteiger partial charge in [-0.2, -0.15) is 10.2 Å². The SMILES string of the molecule is OC12CCC(C3=NN=C4C=C(c5ccc(Cl)cc5)C(c5ccccc5Cl)=NN4C3)(CC1)C2. The van der Waals surface area contributed by atoms with Crippen molar-refractivity contribution in [3.8, 4) is 0 Å². The number of aliphatic hydroxyl groups is 1. The molecule has 1 N–H and O–H groups in total. The maximum atomic E-state index is 10.7. The highest BCUT2D eigenvalue weighted by Gasteiger charge is 2.56. The number of rotatable bonds is 3. The smallest absolute Gasteiger partial charge is 0.172 e. The molecule has 0 unspecified atom stereocenters. The summed E-state index contributed by atoms with van der Waals surface area (Å²) in [5.41, 5.74) is 4.03. The predicted molar refractivity (Wildman–Crippen MR) is 129 cm³/mol. The molecular weight excluding hydrogens is 443 g/mol. The van der Waals surface area contributed by atoms with Gasteiger partial charge in [0, 0.05) is 21.6 Å². The van der Waals surface area contributed by atoms with Crippen LogP contribution in [0.25, 0.3) is 5.57 Å². The van der Waals surface area contributed by atoms with E-state index in [9.17, 15) is 5.11 Å². The number of allylic oxidation sites excluding steroid dienone is 1. The molecule has 2 saturated carbocycles. The molecule has 32 heavy (non-hydrogen) atoms.